The third-order valence-corrected chi connectivity index (χ3v) is 5.77. The lowest BCUT2D eigenvalue weighted by atomic mass is 10.3. The summed E-state index contributed by atoms with van der Waals surface area (Å²) >= 11 is 1.07. The van der Waals surface area contributed by atoms with Crippen LogP contribution in [0.4, 0.5) is 0 Å². The molecule has 0 saturated carbocycles. The van der Waals surface area contributed by atoms with Crippen molar-refractivity contribution in [1.29, 1.82) is 0 Å². The monoisotopic (exact) mass is 317 g/mol. The van der Waals surface area contributed by atoms with Crippen molar-refractivity contribution < 1.29 is 18.0 Å². The number of thiophene rings is 1. The lowest BCUT2D eigenvalue weighted by Crippen LogP contribution is -2.25. The van der Waals surface area contributed by atoms with Crippen LogP contribution in [0.1, 0.15) is 22.2 Å². The second kappa shape index (κ2) is 6.00. The van der Waals surface area contributed by atoms with Crippen LogP contribution >= 0.6 is 11.3 Å². The average Bonchev–Trinajstić information content (AvgIpc) is 2.95. The Morgan fingerprint density at radius 2 is 2.20 bits per heavy atom. The molecule has 0 saturated heterocycles. The van der Waals surface area contributed by atoms with Crippen LogP contribution in [0.25, 0.3) is 0 Å². The number of nitrogens with one attached hydrogen (secondary N) is 1. The number of aliphatic hydroxyl groups excluding tert-OH is 1. The van der Waals surface area contributed by atoms with Crippen molar-refractivity contribution in [3.05, 3.63) is 28.2 Å². The molecule has 0 bridgehead atoms. The fourth-order valence-corrected chi connectivity index (χ4v) is 4.11. The van der Waals surface area contributed by atoms with Crippen LogP contribution < -0.4 is 4.72 Å². The minimum absolute atomic E-state index is 0.159. The average molecular weight is 317 g/mol. The molecule has 0 radical (unpaired) electrons. The van der Waals surface area contributed by atoms with Crippen molar-refractivity contribution in [1.82, 2.24) is 14.9 Å². The van der Waals surface area contributed by atoms with Crippen LogP contribution in [0.3, 0.4) is 0 Å². The highest BCUT2D eigenvalue weighted by Crippen LogP contribution is 2.25. The maximum atomic E-state index is 12.1. The topological polar surface area (TPSA) is 105 Å². The molecule has 0 aromatic carbocycles. The van der Waals surface area contributed by atoms with E-state index in [0.717, 1.165) is 16.9 Å². The number of sulfonamides is 1. The highest BCUT2D eigenvalue weighted by atomic mass is 32.2. The molecule has 0 amide bonds. The van der Waals surface area contributed by atoms with E-state index in [0.29, 0.717) is 23.0 Å². The van der Waals surface area contributed by atoms with Crippen molar-refractivity contribution in [2.75, 3.05) is 6.54 Å². The van der Waals surface area contributed by atoms with Crippen molar-refractivity contribution >= 4 is 21.4 Å². The van der Waals surface area contributed by atoms with Gasteiger partial charge in [0.25, 0.3) is 0 Å². The van der Waals surface area contributed by atoms with Gasteiger partial charge in [-0.05, 0) is 18.6 Å². The lowest BCUT2D eigenvalue weighted by molar-refractivity contribution is 0.285. The molecule has 0 aliphatic heterocycles. The molecule has 0 unspecified atom stereocenters. The fraction of sp³-hybridized carbons (Fsp3) is 0.455. The minimum atomic E-state index is -3.56. The van der Waals surface area contributed by atoms with Gasteiger partial charge in [-0.1, -0.05) is 5.16 Å². The van der Waals surface area contributed by atoms with Gasteiger partial charge in [-0.25, -0.2) is 13.1 Å². The Balaban J connectivity index is 2.00. The predicted octanol–water partition coefficient (Wildman–Crippen LogP) is 0.761. The van der Waals surface area contributed by atoms with E-state index in [9.17, 15) is 8.42 Å². The van der Waals surface area contributed by atoms with Crippen LogP contribution in [-0.2, 0) is 23.1 Å². The Labute approximate surface area is 120 Å². The molecule has 0 atom stereocenters. The molecule has 2 heterocycles. The molecule has 0 aliphatic rings. The van der Waals surface area contributed by atoms with Crippen LogP contribution in [-0.4, -0.2) is 30.2 Å². The quantitative estimate of drug-likeness (QED) is 0.815. The van der Waals surface area contributed by atoms with Gasteiger partial charge in [-0.2, -0.15) is 4.98 Å². The Morgan fingerprint density at radius 3 is 2.75 bits per heavy atom. The highest BCUT2D eigenvalue weighted by Gasteiger charge is 2.18. The van der Waals surface area contributed by atoms with Crippen LogP contribution in [0, 0.1) is 13.8 Å². The van der Waals surface area contributed by atoms with Gasteiger partial charge >= 0.3 is 0 Å². The van der Waals surface area contributed by atoms with E-state index < -0.39 is 10.0 Å². The third kappa shape index (κ3) is 3.42. The summed E-state index contributed by atoms with van der Waals surface area (Å²) in [6, 6.07) is 1.55. The molecule has 2 rings (SSSR count). The van der Waals surface area contributed by atoms with Gasteiger partial charge in [0.05, 0.1) is 6.61 Å². The summed E-state index contributed by atoms with van der Waals surface area (Å²) in [6.45, 7) is 3.47. The number of hydrogen-bond acceptors (Lipinski definition) is 7. The van der Waals surface area contributed by atoms with Crippen LogP contribution in [0.15, 0.2) is 14.8 Å². The maximum absolute atomic E-state index is 12.1. The van der Waals surface area contributed by atoms with Crippen molar-refractivity contribution in [2.45, 2.75) is 31.1 Å². The number of aliphatic hydroxyl groups is 1. The third-order valence-electron chi connectivity index (χ3n) is 2.62. The van der Waals surface area contributed by atoms with E-state index >= 15 is 0 Å². The van der Waals surface area contributed by atoms with Gasteiger partial charge in [0.1, 0.15) is 4.21 Å². The smallest absolute Gasteiger partial charge is 0.250 e. The first kappa shape index (κ1) is 15.1. The SMILES string of the molecule is Cc1nc(CCNS(=O)(=O)c2cc(C)c(CO)s2)no1. The lowest BCUT2D eigenvalue weighted by Gasteiger charge is -2.02. The second-order valence-corrected chi connectivity index (χ2v) is 7.34. The van der Waals surface area contributed by atoms with E-state index in [2.05, 4.69) is 14.9 Å². The highest BCUT2D eigenvalue weighted by molar-refractivity contribution is 7.91. The number of aryl methyl sites for hydroxylation is 2. The summed E-state index contributed by atoms with van der Waals surface area (Å²) in [5, 5.41) is 12.8. The summed E-state index contributed by atoms with van der Waals surface area (Å²) in [6.07, 6.45) is 0.355. The Bertz CT molecular complexity index is 690. The first-order valence-electron chi connectivity index (χ1n) is 5.91. The number of hydrogen-bond donors (Lipinski definition) is 2. The number of rotatable bonds is 6. The zero-order chi connectivity index (χ0) is 14.8. The predicted molar refractivity (Wildman–Crippen MR) is 72.9 cm³/mol. The van der Waals surface area contributed by atoms with Gasteiger partial charge < -0.3 is 9.63 Å². The largest absolute Gasteiger partial charge is 0.391 e. The Morgan fingerprint density at radius 1 is 1.45 bits per heavy atom. The Kier molecular flexibility index (Phi) is 4.53. The van der Waals surface area contributed by atoms with Gasteiger partial charge in [0.15, 0.2) is 5.82 Å². The van der Waals surface area contributed by atoms with Crippen molar-refractivity contribution in [3.63, 3.8) is 0 Å². The van der Waals surface area contributed by atoms with E-state index in [-0.39, 0.29) is 17.4 Å². The summed E-state index contributed by atoms with van der Waals surface area (Å²) in [5.74, 6) is 0.910. The standard InChI is InChI=1S/C11H15N3O4S2/c1-7-5-11(19-9(7)6-15)20(16,17)12-4-3-10-13-8(2)18-14-10/h5,12,15H,3-4,6H2,1-2H3. The Hall–Kier alpha value is -1.29. The molecular weight excluding hydrogens is 302 g/mol. The number of nitrogens with zero attached hydrogens (tertiary/aromatic N) is 2. The molecular formula is C11H15N3O4S2. The minimum Gasteiger partial charge on any atom is -0.391 e. The van der Waals surface area contributed by atoms with Crippen LogP contribution in [0.2, 0.25) is 0 Å². The van der Waals surface area contributed by atoms with Gasteiger partial charge in [0, 0.05) is 24.8 Å². The van der Waals surface area contributed by atoms with E-state index in [1.54, 1.807) is 19.9 Å². The second-order valence-electron chi connectivity index (χ2n) is 4.21. The van der Waals surface area contributed by atoms with Gasteiger partial charge in [-0.15, -0.1) is 11.3 Å². The molecule has 0 spiro atoms. The maximum Gasteiger partial charge on any atom is 0.250 e. The van der Waals surface area contributed by atoms with Crippen molar-refractivity contribution in [2.24, 2.45) is 0 Å². The molecule has 7 nitrogen and oxygen atoms in total. The first-order chi connectivity index (χ1) is 9.42. The molecule has 9 heteroatoms. The van der Waals surface area contributed by atoms with Gasteiger partial charge in [0.2, 0.25) is 15.9 Å². The first-order valence-corrected chi connectivity index (χ1v) is 8.21. The summed E-state index contributed by atoms with van der Waals surface area (Å²) in [5.41, 5.74) is 0.770. The molecule has 0 fully saturated rings. The normalized spacial score (nSPS) is 11.9. The molecule has 2 N–H and O–H groups in total. The fourth-order valence-electron chi connectivity index (χ4n) is 1.59. The summed E-state index contributed by atoms with van der Waals surface area (Å²) < 4.78 is 31.6. The zero-order valence-corrected chi connectivity index (χ0v) is 12.7. The number of aromatic nitrogens is 2. The summed E-state index contributed by atoms with van der Waals surface area (Å²) in [4.78, 5) is 4.64. The molecule has 2 aromatic rings. The van der Waals surface area contributed by atoms with E-state index in [4.69, 9.17) is 9.63 Å². The van der Waals surface area contributed by atoms with Crippen LogP contribution in [0.5, 0.6) is 0 Å². The van der Waals surface area contributed by atoms with E-state index in [1.807, 2.05) is 0 Å². The van der Waals surface area contributed by atoms with Crippen molar-refractivity contribution in [3.8, 4) is 0 Å². The molecule has 2 aromatic heterocycles. The summed E-state index contributed by atoms with van der Waals surface area (Å²) in [7, 11) is -3.56. The zero-order valence-electron chi connectivity index (χ0n) is 11.1. The van der Waals surface area contributed by atoms with Gasteiger partial charge in [-0.3, -0.25) is 0 Å². The molecule has 110 valence electrons. The molecule has 20 heavy (non-hydrogen) atoms. The van der Waals surface area contributed by atoms with E-state index in [1.165, 1.54) is 0 Å². The molecule has 0 aliphatic carbocycles.